The van der Waals surface area contributed by atoms with E-state index >= 15 is 0 Å². The molecule has 2 N–H and O–H groups in total. The van der Waals surface area contributed by atoms with Crippen molar-refractivity contribution in [1.82, 2.24) is 9.80 Å². The first kappa shape index (κ1) is 18.2. The van der Waals surface area contributed by atoms with E-state index in [-0.39, 0.29) is 18.3 Å². The van der Waals surface area contributed by atoms with E-state index in [1.54, 1.807) is 0 Å². The Morgan fingerprint density at radius 1 is 1.19 bits per heavy atom. The Kier molecular flexibility index (Phi) is 8.04. The highest BCUT2D eigenvalue weighted by Gasteiger charge is 2.26. The normalized spacial score (nSPS) is 20.3. The summed E-state index contributed by atoms with van der Waals surface area (Å²) >= 11 is 0. The minimum absolute atomic E-state index is 0. The van der Waals surface area contributed by atoms with Gasteiger partial charge in [0.05, 0.1) is 0 Å². The van der Waals surface area contributed by atoms with Gasteiger partial charge in [0.2, 0.25) is 11.8 Å². The Morgan fingerprint density at radius 2 is 1.90 bits per heavy atom. The van der Waals surface area contributed by atoms with Gasteiger partial charge < -0.3 is 15.5 Å². The summed E-state index contributed by atoms with van der Waals surface area (Å²) in [6.07, 6.45) is 6.31. The number of nitrogens with two attached hydrogens (primary N) is 1. The third kappa shape index (κ3) is 5.47. The molecule has 0 atom stereocenters. The summed E-state index contributed by atoms with van der Waals surface area (Å²) in [5, 5.41) is 0. The lowest BCUT2D eigenvalue weighted by Gasteiger charge is -2.36. The van der Waals surface area contributed by atoms with Crippen molar-refractivity contribution in [3.63, 3.8) is 0 Å². The molecule has 2 saturated heterocycles. The molecule has 0 aromatic heterocycles. The van der Waals surface area contributed by atoms with Crippen LogP contribution in [0.4, 0.5) is 0 Å². The number of rotatable bonds is 5. The van der Waals surface area contributed by atoms with Crippen molar-refractivity contribution >= 4 is 24.2 Å². The minimum Gasteiger partial charge on any atom is -0.343 e. The van der Waals surface area contributed by atoms with E-state index in [4.69, 9.17) is 5.73 Å². The van der Waals surface area contributed by atoms with Gasteiger partial charge in [-0.25, -0.2) is 0 Å². The zero-order chi connectivity index (χ0) is 14.4. The molecular weight excluding hydrogens is 290 g/mol. The first-order valence-electron chi connectivity index (χ1n) is 7.96. The third-order valence-corrected chi connectivity index (χ3v) is 4.46. The quantitative estimate of drug-likeness (QED) is 0.833. The van der Waals surface area contributed by atoms with Crippen LogP contribution in [0.25, 0.3) is 0 Å². The first-order chi connectivity index (χ1) is 9.70. The Balaban J connectivity index is 0.00000220. The molecule has 0 aromatic carbocycles. The van der Waals surface area contributed by atoms with Crippen molar-refractivity contribution in [1.29, 1.82) is 0 Å². The predicted molar refractivity (Wildman–Crippen MR) is 85.3 cm³/mol. The summed E-state index contributed by atoms with van der Waals surface area (Å²) in [6.45, 7) is 4.09. The van der Waals surface area contributed by atoms with Crippen molar-refractivity contribution < 1.29 is 9.59 Å². The molecule has 6 heteroatoms. The van der Waals surface area contributed by atoms with Crippen LogP contribution in [0.3, 0.4) is 0 Å². The fourth-order valence-electron chi connectivity index (χ4n) is 3.14. The average molecular weight is 318 g/mol. The van der Waals surface area contributed by atoms with Gasteiger partial charge in [-0.15, -0.1) is 12.4 Å². The molecule has 2 heterocycles. The molecule has 2 aliphatic heterocycles. The number of hydrogen-bond donors (Lipinski definition) is 1. The molecule has 0 aliphatic carbocycles. The van der Waals surface area contributed by atoms with Crippen LogP contribution in [-0.2, 0) is 9.59 Å². The van der Waals surface area contributed by atoms with Crippen LogP contribution in [0.1, 0.15) is 44.9 Å². The number of halogens is 1. The Labute approximate surface area is 133 Å². The van der Waals surface area contributed by atoms with E-state index < -0.39 is 0 Å². The largest absolute Gasteiger partial charge is 0.343 e. The van der Waals surface area contributed by atoms with Crippen LogP contribution in [0.2, 0.25) is 0 Å². The number of carbonyl (C=O) groups is 2. The highest BCUT2D eigenvalue weighted by atomic mass is 35.5. The zero-order valence-electron chi connectivity index (χ0n) is 12.8. The maximum atomic E-state index is 11.9. The molecule has 2 fully saturated rings. The molecule has 0 aromatic rings. The summed E-state index contributed by atoms with van der Waals surface area (Å²) in [5.74, 6) is 1.12. The lowest BCUT2D eigenvalue weighted by atomic mass is 9.95. The summed E-state index contributed by atoms with van der Waals surface area (Å²) in [5.41, 5.74) is 5.44. The number of amides is 2. The van der Waals surface area contributed by atoms with Crippen LogP contribution in [-0.4, -0.2) is 54.3 Å². The van der Waals surface area contributed by atoms with Gasteiger partial charge in [0, 0.05) is 39.0 Å². The summed E-state index contributed by atoms with van der Waals surface area (Å²) in [6, 6.07) is 0. The van der Waals surface area contributed by atoms with Crippen molar-refractivity contribution in [3.05, 3.63) is 0 Å². The van der Waals surface area contributed by atoms with Gasteiger partial charge >= 0.3 is 0 Å². The monoisotopic (exact) mass is 317 g/mol. The van der Waals surface area contributed by atoms with Crippen LogP contribution in [0, 0.1) is 5.92 Å². The topological polar surface area (TPSA) is 66.6 Å². The fourth-order valence-corrected chi connectivity index (χ4v) is 3.14. The van der Waals surface area contributed by atoms with Gasteiger partial charge in [-0.3, -0.25) is 9.59 Å². The molecule has 2 aliphatic rings. The van der Waals surface area contributed by atoms with Gasteiger partial charge in [0.1, 0.15) is 0 Å². The van der Waals surface area contributed by atoms with E-state index in [1.807, 2.05) is 9.80 Å². The highest BCUT2D eigenvalue weighted by molar-refractivity contribution is 5.85. The second-order valence-electron chi connectivity index (χ2n) is 6.01. The lowest BCUT2D eigenvalue weighted by Crippen LogP contribution is -2.44. The molecule has 0 radical (unpaired) electrons. The smallest absolute Gasteiger partial charge is 0.222 e. The van der Waals surface area contributed by atoms with Crippen molar-refractivity contribution in [2.45, 2.75) is 44.9 Å². The van der Waals surface area contributed by atoms with Crippen molar-refractivity contribution in [2.75, 3.05) is 32.7 Å². The van der Waals surface area contributed by atoms with Gasteiger partial charge in [-0.1, -0.05) is 0 Å². The Hall–Kier alpha value is -0.810. The van der Waals surface area contributed by atoms with Crippen LogP contribution in [0.5, 0.6) is 0 Å². The molecular formula is C15H28ClN3O2. The van der Waals surface area contributed by atoms with Gasteiger partial charge in [0.25, 0.3) is 0 Å². The van der Waals surface area contributed by atoms with Gasteiger partial charge in [-0.2, -0.15) is 0 Å². The molecule has 0 saturated carbocycles. The SMILES string of the molecule is Cl.NCCCC(=O)N1CCC(CN2CCCCC2=O)CC1. The van der Waals surface area contributed by atoms with E-state index in [0.29, 0.717) is 24.8 Å². The van der Waals surface area contributed by atoms with Crippen LogP contribution >= 0.6 is 12.4 Å². The summed E-state index contributed by atoms with van der Waals surface area (Å²) < 4.78 is 0. The number of hydrogen-bond acceptors (Lipinski definition) is 3. The summed E-state index contributed by atoms with van der Waals surface area (Å²) in [7, 11) is 0. The van der Waals surface area contributed by atoms with E-state index in [0.717, 1.165) is 64.7 Å². The first-order valence-corrected chi connectivity index (χ1v) is 7.96. The predicted octanol–water partition coefficient (Wildman–Crippen LogP) is 1.40. The number of piperidine rings is 2. The molecule has 21 heavy (non-hydrogen) atoms. The van der Waals surface area contributed by atoms with Crippen LogP contribution < -0.4 is 5.73 Å². The number of likely N-dealkylation sites (tertiary alicyclic amines) is 2. The molecule has 0 unspecified atom stereocenters. The standard InChI is InChI=1S/C15H27N3O2.ClH/c16-8-3-5-14(19)17-10-6-13(7-11-17)12-18-9-2-1-4-15(18)20;/h13H,1-12,16H2;1H. The molecule has 2 amide bonds. The number of carbonyl (C=O) groups excluding carboxylic acids is 2. The van der Waals surface area contributed by atoms with Gasteiger partial charge in [-0.05, 0) is 44.6 Å². The van der Waals surface area contributed by atoms with E-state index in [9.17, 15) is 9.59 Å². The Bertz CT molecular complexity index is 344. The fraction of sp³-hybridized carbons (Fsp3) is 0.867. The maximum Gasteiger partial charge on any atom is 0.222 e. The molecule has 0 bridgehead atoms. The maximum absolute atomic E-state index is 11.9. The zero-order valence-corrected chi connectivity index (χ0v) is 13.6. The molecule has 2 rings (SSSR count). The molecule has 0 spiro atoms. The molecule has 5 nitrogen and oxygen atoms in total. The van der Waals surface area contributed by atoms with Gasteiger partial charge in [0.15, 0.2) is 0 Å². The second-order valence-corrected chi connectivity index (χ2v) is 6.01. The third-order valence-electron chi connectivity index (χ3n) is 4.46. The van der Waals surface area contributed by atoms with Crippen LogP contribution in [0.15, 0.2) is 0 Å². The minimum atomic E-state index is 0. The van der Waals surface area contributed by atoms with Crippen molar-refractivity contribution in [3.8, 4) is 0 Å². The lowest BCUT2D eigenvalue weighted by molar-refractivity contribution is -0.136. The highest BCUT2D eigenvalue weighted by Crippen LogP contribution is 2.21. The molecule has 122 valence electrons. The second kappa shape index (κ2) is 9.26. The van der Waals surface area contributed by atoms with E-state index in [2.05, 4.69) is 0 Å². The number of nitrogens with zero attached hydrogens (tertiary/aromatic N) is 2. The van der Waals surface area contributed by atoms with E-state index in [1.165, 1.54) is 0 Å². The summed E-state index contributed by atoms with van der Waals surface area (Å²) in [4.78, 5) is 27.7. The average Bonchev–Trinajstić information content (AvgIpc) is 2.48. The Morgan fingerprint density at radius 3 is 2.52 bits per heavy atom. The van der Waals surface area contributed by atoms with Crippen molar-refractivity contribution in [2.24, 2.45) is 11.7 Å².